The minimum Gasteiger partial charge on any atom is -0.302 e. The lowest BCUT2D eigenvalue weighted by molar-refractivity contribution is 0.220. The summed E-state index contributed by atoms with van der Waals surface area (Å²) in [5.74, 6) is 3.92. The van der Waals surface area contributed by atoms with Gasteiger partial charge in [-0.05, 0) is 50.9 Å². The van der Waals surface area contributed by atoms with Crippen molar-refractivity contribution in [2.24, 2.45) is 0 Å². The summed E-state index contributed by atoms with van der Waals surface area (Å²) in [6, 6.07) is 9.76. The van der Waals surface area contributed by atoms with Crippen LogP contribution in [0, 0.1) is 0 Å². The number of piperidine rings is 1. The van der Waals surface area contributed by atoms with Crippen LogP contribution in [-0.2, 0) is 10.8 Å². The first-order valence-corrected chi connectivity index (χ1v) is 10.2. The van der Waals surface area contributed by atoms with E-state index < -0.39 is 10.8 Å². The van der Waals surface area contributed by atoms with Crippen LogP contribution in [0.4, 0.5) is 0 Å². The number of nitrogens with one attached hydrogen (secondary N) is 1. The SMILES string of the molecule is O=[S@](CCN1CCC(c2nc(C3CC3)n[nH]2)CC1)c1ccccc1. The van der Waals surface area contributed by atoms with Crippen molar-refractivity contribution in [1.29, 1.82) is 0 Å². The molecule has 2 aromatic rings. The van der Waals surface area contributed by atoms with Crippen LogP contribution in [0.25, 0.3) is 0 Å². The number of likely N-dealkylation sites (tertiary alicyclic amines) is 1. The molecule has 1 aromatic heterocycles. The lowest BCUT2D eigenvalue weighted by Gasteiger charge is -2.30. The number of aromatic amines is 1. The number of aromatic nitrogens is 3. The number of benzene rings is 1. The summed E-state index contributed by atoms with van der Waals surface area (Å²) in [4.78, 5) is 8.06. The molecule has 1 aliphatic heterocycles. The molecule has 0 spiro atoms. The van der Waals surface area contributed by atoms with E-state index in [9.17, 15) is 4.21 Å². The molecule has 1 saturated heterocycles. The Morgan fingerprint density at radius 2 is 1.83 bits per heavy atom. The van der Waals surface area contributed by atoms with Crippen molar-refractivity contribution in [1.82, 2.24) is 20.1 Å². The van der Waals surface area contributed by atoms with Crippen molar-refractivity contribution in [3.63, 3.8) is 0 Å². The van der Waals surface area contributed by atoms with Gasteiger partial charge in [0.05, 0.1) is 10.8 Å². The second-order valence-corrected chi connectivity index (χ2v) is 8.40. The van der Waals surface area contributed by atoms with Crippen LogP contribution in [0.5, 0.6) is 0 Å². The largest absolute Gasteiger partial charge is 0.302 e. The van der Waals surface area contributed by atoms with E-state index in [1.54, 1.807) is 0 Å². The number of rotatable bonds is 6. The van der Waals surface area contributed by atoms with Gasteiger partial charge in [0.15, 0.2) is 5.82 Å². The molecule has 4 rings (SSSR count). The zero-order valence-electron chi connectivity index (χ0n) is 13.9. The summed E-state index contributed by atoms with van der Waals surface area (Å²) in [5.41, 5.74) is 0. The summed E-state index contributed by atoms with van der Waals surface area (Å²) < 4.78 is 12.3. The van der Waals surface area contributed by atoms with Crippen LogP contribution >= 0.6 is 0 Å². The van der Waals surface area contributed by atoms with E-state index in [-0.39, 0.29) is 0 Å². The molecule has 0 unspecified atom stereocenters. The minimum atomic E-state index is -0.895. The van der Waals surface area contributed by atoms with Crippen LogP contribution < -0.4 is 0 Å². The number of hydrogen-bond donors (Lipinski definition) is 1. The smallest absolute Gasteiger partial charge is 0.153 e. The third kappa shape index (κ3) is 3.75. The third-order valence-electron chi connectivity index (χ3n) is 5.04. The molecule has 1 saturated carbocycles. The Labute approximate surface area is 145 Å². The normalized spacial score (nSPS) is 21.0. The average Bonchev–Trinajstić information content (AvgIpc) is 3.38. The molecule has 2 fully saturated rings. The fourth-order valence-electron chi connectivity index (χ4n) is 3.33. The van der Waals surface area contributed by atoms with E-state index >= 15 is 0 Å². The van der Waals surface area contributed by atoms with Crippen molar-refractivity contribution in [3.8, 4) is 0 Å². The minimum absolute atomic E-state index is 0.501. The molecular formula is C18H24N4OS. The fraction of sp³-hybridized carbons (Fsp3) is 0.556. The van der Waals surface area contributed by atoms with Gasteiger partial charge in [0.2, 0.25) is 0 Å². The molecule has 6 heteroatoms. The summed E-state index contributed by atoms with van der Waals surface area (Å²) in [6.07, 6.45) is 4.71. The zero-order chi connectivity index (χ0) is 16.4. The fourth-order valence-corrected chi connectivity index (χ4v) is 4.45. The van der Waals surface area contributed by atoms with Gasteiger partial charge in [-0.15, -0.1) is 0 Å². The van der Waals surface area contributed by atoms with Gasteiger partial charge in [0.1, 0.15) is 5.82 Å². The molecule has 2 heterocycles. The van der Waals surface area contributed by atoms with Crippen LogP contribution in [0.3, 0.4) is 0 Å². The van der Waals surface area contributed by atoms with E-state index in [1.165, 1.54) is 12.8 Å². The van der Waals surface area contributed by atoms with Crippen molar-refractivity contribution in [3.05, 3.63) is 42.0 Å². The molecule has 128 valence electrons. The molecule has 1 atom stereocenters. The lowest BCUT2D eigenvalue weighted by atomic mass is 9.96. The van der Waals surface area contributed by atoms with Gasteiger partial charge in [-0.25, -0.2) is 4.98 Å². The second-order valence-electron chi connectivity index (χ2n) is 6.83. The summed E-state index contributed by atoms with van der Waals surface area (Å²) in [5, 5.41) is 7.53. The Hall–Kier alpha value is -1.53. The summed E-state index contributed by atoms with van der Waals surface area (Å²) in [7, 11) is -0.895. The number of hydrogen-bond acceptors (Lipinski definition) is 4. The van der Waals surface area contributed by atoms with E-state index in [0.29, 0.717) is 17.6 Å². The summed E-state index contributed by atoms with van der Waals surface area (Å²) >= 11 is 0. The zero-order valence-corrected chi connectivity index (χ0v) is 14.7. The van der Waals surface area contributed by atoms with Crippen molar-refractivity contribution in [2.75, 3.05) is 25.4 Å². The van der Waals surface area contributed by atoms with Crippen molar-refractivity contribution in [2.45, 2.75) is 42.4 Å². The molecule has 0 radical (unpaired) electrons. The van der Waals surface area contributed by atoms with E-state index in [4.69, 9.17) is 4.98 Å². The molecule has 5 nitrogen and oxygen atoms in total. The average molecular weight is 344 g/mol. The quantitative estimate of drug-likeness (QED) is 0.875. The molecule has 1 aliphatic carbocycles. The Morgan fingerprint density at radius 3 is 2.54 bits per heavy atom. The van der Waals surface area contributed by atoms with Gasteiger partial charge < -0.3 is 4.90 Å². The van der Waals surface area contributed by atoms with Gasteiger partial charge in [-0.3, -0.25) is 9.31 Å². The summed E-state index contributed by atoms with van der Waals surface area (Å²) in [6.45, 7) is 3.00. The Balaban J connectivity index is 1.24. The van der Waals surface area contributed by atoms with Crippen LogP contribution in [0.2, 0.25) is 0 Å². The number of nitrogens with zero attached hydrogens (tertiary/aromatic N) is 3. The Bertz CT molecular complexity index is 690. The maximum atomic E-state index is 12.3. The maximum Gasteiger partial charge on any atom is 0.153 e. The van der Waals surface area contributed by atoms with Crippen LogP contribution in [0.15, 0.2) is 35.2 Å². The van der Waals surface area contributed by atoms with Crippen molar-refractivity contribution >= 4 is 10.8 Å². The molecule has 1 aromatic carbocycles. The molecule has 0 amide bonds. The highest BCUT2D eigenvalue weighted by molar-refractivity contribution is 7.85. The predicted octanol–water partition coefficient (Wildman–Crippen LogP) is 2.67. The Kier molecular flexibility index (Phi) is 4.76. The second kappa shape index (κ2) is 7.15. The molecule has 24 heavy (non-hydrogen) atoms. The first-order chi connectivity index (χ1) is 11.8. The molecular weight excluding hydrogens is 320 g/mol. The van der Waals surface area contributed by atoms with E-state index in [0.717, 1.165) is 49.0 Å². The van der Waals surface area contributed by atoms with Gasteiger partial charge >= 0.3 is 0 Å². The topological polar surface area (TPSA) is 61.9 Å². The highest BCUT2D eigenvalue weighted by Crippen LogP contribution is 2.38. The Morgan fingerprint density at radius 1 is 1.08 bits per heavy atom. The van der Waals surface area contributed by atoms with Crippen molar-refractivity contribution < 1.29 is 4.21 Å². The highest BCUT2D eigenvalue weighted by atomic mass is 32.2. The third-order valence-corrected chi connectivity index (χ3v) is 6.39. The van der Waals surface area contributed by atoms with Gasteiger partial charge in [-0.2, -0.15) is 5.10 Å². The molecule has 2 aliphatic rings. The van der Waals surface area contributed by atoms with Gasteiger partial charge in [0.25, 0.3) is 0 Å². The van der Waals surface area contributed by atoms with E-state index in [1.807, 2.05) is 30.3 Å². The first-order valence-electron chi connectivity index (χ1n) is 8.87. The lowest BCUT2D eigenvalue weighted by Crippen LogP contribution is -2.35. The van der Waals surface area contributed by atoms with Crippen LogP contribution in [-0.4, -0.2) is 49.7 Å². The molecule has 0 bridgehead atoms. The van der Waals surface area contributed by atoms with Gasteiger partial charge in [0, 0.05) is 29.0 Å². The maximum absolute atomic E-state index is 12.3. The first kappa shape index (κ1) is 16.0. The van der Waals surface area contributed by atoms with Gasteiger partial charge in [-0.1, -0.05) is 18.2 Å². The highest BCUT2D eigenvalue weighted by Gasteiger charge is 2.30. The van der Waals surface area contributed by atoms with E-state index in [2.05, 4.69) is 15.1 Å². The molecule has 1 N–H and O–H groups in total. The number of H-pyrrole nitrogens is 1. The monoisotopic (exact) mass is 344 g/mol. The standard InChI is InChI=1S/C18H24N4OS/c23-24(16-4-2-1-3-5-16)13-12-22-10-8-15(9-11-22)18-19-17(20-21-18)14-6-7-14/h1-5,14-15H,6-13H2,(H,19,20,21)/t24-/m1/s1. The van der Waals surface area contributed by atoms with Crippen LogP contribution in [0.1, 0.15) is 49.2 Å². The predicted molar refractivity (Wildman–Crippen MR) is 94.5 cm³/mol.